The molecule has 0 aliphatic heterocycles. The molecule has 1 aliphatic carbocycles. The first-order valence-corrected chi connectivity index (χ1v) is 7.97. The maximum absolute atomic E-state index is 13.0. The topological polar surface area (TPSA) is 60.4 Å². The quantitative estimate of drug-likeness (QED) is 0.797. The van der Waals surface area contributed by atoms with Gasteiger partial charge in [0.2, 0.25) is 0 Å². The molecular weight excluding hydrogens is 271 g/mol. The Bertz CT molecular complexity index is 582. The van der Waals surface area contributed by atoms with Crippen LogP contribution in [0.4, 0.5) is 4.39 Å². The van der Waals surface area contributed by atoms with Crippen molar-refractivity contribution in [2.45, 2.75) is 30.6 Å². The van der Waals surface area contributed by atoms with Gasteiger partial charge in [-0.15, -0.1) is 0 Å². The van der Waals surface area contributed by atoms with Gasteiger partial charge in [0.25, 0.3) is 0 Å². The third-order valence-electron chi connectivity index (χ3n) is 3.28. The first kappa shape index (κ1) is 14.0. The fourth-order valence-corrected chi connectivity index (χ4v) is 3.36. The maximum Gasteiger partial charge on any atom is 0.338 e. The predicted molar refractivity (Wildman–Crippen MR) is 68.1 cm³/mol. The first-order chi connectivity index (χ1) is 8.86. The third kappa shape index (κ3) is 3.53. The summed E-state index contributed by atoms with van der Waals surface area (Å²) >= 11 is 0. The van der Waals surface area contributed by atoms with Crippen molar-refractivity contribution in [2.75, 3.05) is 6.26 Å². The lowest BCUT2D eigenvalue weighted by Crippen LogP contribution is -2.20. The van der Waals surface area contributed by atoms with E-state index in [1.54, 1.807) is 0 Å². The van der Waals surface area contributed by atoms with E-state index in [1.165, 1.54) is 24.5 Å². The summed E-state index contributed by atoms with van der Waals surface area (Å²) in [7, 11) is -3.09. The van der Waals surface area contributed by atoms with Crippen LogP contribution in [-0.2, 0) is 14.6 Å². The number of rotatable bonds is 3. The lowest BCUT2D eigenvalue weighted by atomic mass is 10.2. The average molecular weight is 286 g/mol. The third-order valence-corrected chi connectivity index (χ3v) is 4.92. The van der Waals surface area contributed by atoms with Crippen LogP contribution < -0.4 is 0 Å². The normalized spacial score (nSPS) is 23.3. The number of benzene rings is 1. The maximum atomic E-state index is 13.0. The second-order valence-electron chi connectivity index (χ2n) is 4.80. The van der Waals surface area contributed by atoms with Crippen molar-refractivity contribution in [2.24, 2.45) is 0 Å². The summed E-state index contributed by atoms with van der Waals surface area (Å²) in [6.45, 7) is 0. The lowest BCUT2D eigenvalue weighted by Gasteiger charge is -2.12. The van der Waals surface area contributed by atoms with Crippen molar-refractivity contribution >= 4 is 15.8 Å². The van der Waals surface area contributed by atoms with Crippen molar-refractivity contribution in [1.82, 2.24) is 0 Å². The van der Waals surface area contributed by atoms with Gasteiger partial charge in [-0.3, -0.25) is 0 Å². The Hall–Kier alpha value is -1.43. The van der Waals surface area contributed by atoms with Crippen LogP contribution in [-0.4, -0.2) is 32.0 Å². The van der Waals surface area contributed by atoms with Crippen LogP contribution >= 0.6 is 0 Å². The Morgan fingerprint density at radius 3 is 2.68 bits per heavy atom. The van der Waals surface area contributed by atoms with E-state index < -0.39 is 33.0 Å². The molecule has 2 atom stereocenters. The number of carbonyl (C=O) groups excluding carboxylic acids is 1. The molecule has 0 N–H and O–H groups in total. The van der Waals surface area contributed by atoms with Crippen molar-refractivity contribution in [3.63, 3.8) is 0 Å². The molecule has 0 radical (unpaired) electrons. The molecule has 1 saturated carbocycles. The second kappa shape index (κ2) is 5.28. The van der Waals surface area contributed by atoms with E-state index in [2.05, 4.69) is 0 Å². The molecule has 1 aromatic carbocycles. The van der Waals surface area contributed by atoms with Gasteiger partial charge in [-0.05, 0) is 31.0 Å². The highest BCUT2D eigenvalue weighted by atomic mass is 32.2. The molecule has 1 aromatic rings. The van der Waals surface area contributed by atoms with E-state index in [-0.39, 0.29) is 5.56 Å². The minimum absolute atomic E-state index is 0.141. The molecule has 0 amide bonds. The first-order valence-electron chi connectivity index (χ1n) is 6.01. The van der Waals surface area contributed by atoms with E-state index in [0.29, 0.717) is 19.3 Å². The fourth-order valence-electron chi connectivity index (χ4n) is 2.23. The van der Waals surface area contributed by atoms with Gasteiger partial charge in [0.05, 0.1) is 10.8 Å². The zero-order chi connectivity index (χ0) is 14.0. The molecule has 4 nitrogen and oxygen atoms in total. The van der Waals surface area contributed by atoms with Crippen LogP contribution in [0.2, 0.25) is 0 Å². The summed E-state index contributed by atoms with van der Waals surface area (Å²) in [5.41, 5.74) is 0.141. The number of esters is 1. The monoisotopic (exact) mass is 286 g/mol. The summed E-state index contributed by atoms with van der Waals surface area (Å²) in [6.07, 6.45) is 2.13. The number of hydrogen-bond donors (Lipinski definition) is 0. The highest BCUT2D eigenvalue weighted by Gasteiger charge is 2.33. The van der Waals surface area contributed by atoms with E-state index in [9.17, 15) is 17.6 Å². The van der Waals surface area contributed by atoms with Gasteiger partial charge in [-0.25, -0.2) is 17.6 Å². The minimum Gasteiger partial charge on any atom is -0.459 e. The predicted octanol–water partition coefficient (Wildman–Crippen LogP) is 1.95. The van der Waals surface area contributed by atoms with Crippen LogP contribution in [0.3, 0.4) is 0 Å². The highest BCUT2D eigenvalue weighted by molar-refractivity contribution is 7.91. The molecule has 2 rings (SSSR count). The summed E-state index contributed by atoms with van der Waals surface area (Å²) in [5.74, 6) is -1.12. The van der Waals surface area contributed by atoms with Gasteiger partial charge in [0.1, 0.15) is 21.8 Å². The van der Waals surface area contributed by atoms with Gasteiger partial charge in [-0.1, -0.05) is 6.07 Å². The van der Waals surface area contributed by atoms with Gasteiger partial charge in [-0.2, -0.15) is 0 Å². The molecule has 0 saturated heterocycles. The summed E-state index contributed by atoms with van der Waals surface area (Å²) < 4.78 is 41.0. The standard InChI is InChI=1S/C13H15FO4S/c1-19(16,17)12-6-5-11(8-12)18-13(15)9-3-2-4-10(14)7-9/h2-4,7,11-12H,5-6,8H2,1H3/t11-,12-/m0/s1. The highest BCUT2D eigenvalue weighted by Crippen LogP contribution is 2.27. The Labute approximate surface area is 111 Å². The van der Waals surface area contributed by atoms with Crippen molar-refractivity contribution in [3.05, 3.63) is 35.6 Å². The minimum atomic E-state index is -3.09. The van der Waals surface area contributed by atoms with E-state index in [0.717, 1.165) is 6.07 Å². The molecule has 104 valence electrons. The van der Waals surface area contributed by atoms with Crippen molar-refractivity contribution < 1.29 is 22.3 Å². The summed E-state index contributed by atoms with van der Waals surface area (Å²) in [6, 6.07) is 5.24. The number of ether oxygens (including phenoxy) is 1. The molecule has 1 fully saturated rings. The summed E-state index contributed by atoms with van der Waals surface area (Å²) in [4.78, 5) is 11.8. The van der Waals surface area contributed by atoms with Gasteiger partial charge >= 0.3 is 5.97 Å². The number of halogens is 1. The fraction of sp³-hybridized carbons (Fsp3) is 0.462. The SMILES string of the molecule is CS(=O)(=O)[C@H]1CC[C@H](OC(=O)c2cccc(F)c2)C1. The molecule has 0 bridgehead atoms. The van der Waals surface area contributed by atoms with Gasteiger partial charge in [0, 0.05) is 12.7 Å². The molecular formula is C13H15FO4S. The molecule has 19 heavy (non-hydrogen) atoms. The number of sulfone groups is 1. The molecule has 0 heterocycles. The van der Waals surface area contributed by atoms with E-state index in [4.69, 9.17) is 4.74 Å². The molecule has 6 heteroatoms. The number of carbonyl (C=O) groups is 1. The molecule has 1 aliphatic rings. The molecule has 0 aromatic heterocycles. The van der Waals surface area contributed by atoms with Crippen LogP contribution in [0.25, 0.3) is 0 Å². The average Bonchev–Trinajstić information content (AvgIpc) is 2.77. The van der Waals surface area contributed by atoms with Crippen LogP contribution in [0.15, 0.2) is 24.3 Å². The zero-order valence-corrected chi connectivity index (χ0v) is 11.3. The zero-order valence-electron chi connectivity index (χ0n) is 10.5. The van der Waals surface area contributed by atoms with Crippen molar-refractivity contribution in [3.8, 4) is 0 Å². The van der Waals surface area contributed by atoms with Gasteiger partial charge in [0.15, 0.2) is 0 Å². The second-order valence-corrected chi connectivity index (χ2v) is 7.13. The Morgan fingerprint density at radius 2 is 2.11 bits per heavy atom. The lowest BCUT2D eigenvalue weighted by molar-refractivity contribution is 0.0317. The smallest absolute Gasteiger partial charge is 0.338 e. The van der Waals surface area contributed by atoms with Gasteiger partial charge < -0.3 is 4.74 Å². The van der Waals surface area contributed by atoms with Crippen molar-refractivity contribution in [1.29, 1.82) is 0 Å². The van der Waals surface area contributed by atoms with Crippen LogP contribution in [0, 0.1) is 5.82 Å². The Kier molecular flexibility index (Phi) is 3.89. The van der Waals surface area contributed by atoms with E-state index >= 15 is 0 Å². The Balaban J connectivity index is 1.98. The Morgan fingerprint density at radius 1 is 1.37 bits per heavy atom. The summed E-state index contributed by atoms with van der Waals surface area (Å²) in [5, 5.41) is -0.446. The van der Waals surface area contributed by atoms with Crippen LogP contribution in [0.5, 0.6) is 0 Å². The number of hydrogen-bond acceptors (Lipinski definition) is 4. The van der Waals surface area contributed by atoms with Crippen LogP contribution in [0.1, 0.15) is 29.6 Å². The molecule has 0 spiro atoms. The molecule has 0 unspecified atom stereocenters. The largest absolute Gasteiger partial charge is 0.459 e. The van der Waals surface area contributed by atoms with E-state index in [1.807, 2.05) is 0 Å².